The Labute approximate surface area is 137 Å². The minimum atomic E-state index is -1.37. The fourth-order valence-electron chi connectivity index (χ4n) is 3.70. The van der Waals surface area contributed by atoms with Crippen LogP contribution in [0.3, 0.4) is 0 Å². The van der Waals surface area contributed by atoms with Gasteiger partial charge in [0.25, 0.3) is 0 Å². The molecule has 1 aliphatic heterocycles. The lowest BCUT2D eigenvalue weighted by molar-refractivity contribution is -0.0662. The summed E-state index contributed by atoms with van der Waals surface area (Å²) in [6, 6.07) is 22.2. The molecule has 1 saturated heterocycles. The van der Waals surface area contributed by atoms with E-state index < -0.39 is 5.60 Å². The van der Waals surface area contributed by atoms with Gasteiger partial charge in [0.05, 0.1) is 6.07 Å². The molecule has 1 aliphatic rings. The maximum Gasteiger partial charge on any atom is 0.159 e. The zero-order valence-electron chi connectivity index (χ0n) is 13.5. The molecule has 1 fully saturated rings. The van der Waals surface area contributed by atoms with E-state index in [4.69, 9.17) is 0 Å². The van der Waals surface area contributed by atoms with Crippen LogP contribution in [0.4, 0.5) is 0 Å². The molecule has 2 N–H and O–H groups in total. The van der Waals surface area contributed by atoms with Crippen molar-refractivity contribution in [2.75, 3.05) is 0 Å². The molecule has 23 heavy (non-hydrogen) atoms. The van der Waals surface area contributed by atoms with Crippen molar-refractivity contribution in [2.45, 2.75) is 31.5 Å². The maximum atomic E-state index is 11.1. The first kappa shape index (κ1) is 15.7. The topological polar surface area (TPSA) is 56.0 Å². The smallest absolute Gasteiger partial charge is 0.159 e. The van der Waals surface area contributed by atoms with Gasteiger partial charge in [0.2, 0.25) is 0 Å². The van der Waals surface area contributed by atoms with Gasteiger partial charge in [-0.2, -0.15) is 5.26 Å². The predicted octanol–water partition coefficient (Wildman–Crippen LogP) is 3.60. The summed E-state index contributed by atoms with van der Waals surface area (Å²) in [6.07, 6.45) is 0. The van der Waals surface area contributed by atoms with Crippen molar-refractivity contribution in [1.29, 1.82) is 5.26 Å². The Morgan fingerprint density at radius 1 is 0.870 bits per heavy atom. The summed E-state index contributed by atoms with van der Waals surface area (Å²) in [7, 11) is 0. The summed E-state index contributed by atoms with van der Waals surface area (Å²) >= 11 is 0. The van der Waals surface area contributed by atoms with E-state index in [0.29, 0.717) is 0 Å². The van der Waals surface area contributed by atoms with Crippen LogP contribution in [0.1, 0.15) is 37.1 Å². The van der Waals surface area contributed by atoms with E-state index in [9.17, 15) is 10.4 Å². The fourth-order valence-corrected chi connectivity index (χ4v) is 3.70. The highest BCUT2D eigenvalue weighted by molar-refractivity contribution is 5.30. The van der Waals surface area contributed by atoms with Crippen molar-refractivity contribution in [3.8, 4) is 6.07 Å². The second-order valence-corrected chi connectivity index (χ2v) is 6.46. The average molecular weight is 306 g/mol. The van der Waals surface area contributed by atoms with Gasteiger partial charge in [0.15, 0.2) is 5.60 Å². The second kappa shape index (κ2) is 6.16. The van der Waals surface area contributed by atoms with Crippen LogP contribution in [0.2, 0.25) is 0 Å². The van der Waals surface area contributed by atoms with Gasteiger partial charge in [-0.05, 0) is 11.1 Å². The zero-order chi connectivity index (χ0) is 16.4. The quantitative estimate of drug-likeness (QED) is 0.834. The third-order valence-corrected chi connectivity index (χ3v) is 5.24. The lowest BCUT2D eigenvalue weighted by Crippen LogP contribution is -2.56. The number of rotatable bonds is 2. The molecule has 3 heteroatoms. The molecular formula is C20H22N2O. The molecule has 0 radical (unpaired) electrons. The lowest BCUT2D eigenvalue weighted by Gasteiger charge is -2.48. The Bertz CT molecular complexity index is 641. The fraction of sp³-hybridized carbons (Fsp3) is 0.350. The molecule has 3 rings (SSSR count). The molecule has 0 saturated carbocycles. The Kier molecular flexibility index (Phi) is 4.21. The molecule has 2 aromatic carbocycles. The Morgan fingerprint density at radius 3 is 1.61 bits per heavy atom. The predicted molar refractivity (Wildman–Crippen MR) is 90.4 cm³/mol. The second-order valence-electron chi connectivity index (χ2n) is 6.46. The molecule has 3 nitrogen and oxygen atoms in total. The van der Waals surface area contributed by atoms with Crippen molar-refractivity contribution < 1.29 is 5.11 Å². The number of benzene rings is 2. The summed E-state index contributed by atoms with van der Waals surface area (Å²) in [5, 5.41) is 24.4. The monoisotopic (exact) mass is 306 g/mol. The van der Waals surface area contributed by atoms with Gasteiger partial charge in [-0.25, -0.2) is 0 Å². The molecule has 0 amide bonds. The molecule has 0 bridgehead atoms. The lowest BCUT2D eigenvalue weighted by atomic mass is 9.67. The van der Waals surface area contributed by atoms with Crippen molar-refractivity contribution in [3.05, 3.63) is 71.8 Å². The number of nitrogens with one attached hydrogen (secondary N) is 1. The van der Waals surface area contributed by atoms with Crippen LogP contribution < -0.4 is 5.32 Å². The van der Waals surface area contributed by atoms with Crippen LogP contribution in [0, 0.1) is 23.2 Å². The van der Waals surface area contributed by atoms with Crippen LogP contribution >= 0.6 is 0 Å². The number of nitriles is 1. The van der Waals surface area contributed by atoms with E-state index in [1.54, 1.807) is 0 Å². The number of piperidine rings is 1. The zero-order valence-corrected chi connectivity index (χ0v) is 13.5. The minimum absolute atomic E-state index is 0.0674. The van der Waals surface area contributed by atoms with Crippen LogP contribution in [0.25, 0.3) is 0 Å². The highest BCUT2D eigenvalue weighted by Gasteiger charge is 2.51. The normalized spacial score (nSPS) is 33.8. The molecule has 118 valence electrons. The van der Waals surface area contributed by atoms with Crippen molar-refractivity contribution in [1.82, 2.24) is 5.32 Å². The maximum absolute atomic E-state index is 11.1. The van der Waals surface area contributed by atoms with Crippen LogP contribution in [-0.4, -0.2) is 10.7 Å². The highest BCUT2D eigenvalue weighted by Crippen LogP contribution is 2.46. The summed E-state index contributed by atoms with van der Waals surface area (Å²) in [4.78, 5) is 0. The summed E-state index contributed by atoms with van der Waals surface area (Å²) in [5.74, 6) is -0.408. The SMILES string of the molecule is C[C@H]1[C@@H](c2ccccc2)N[C@@H](c2ccccc2)[C@H](C)C1(O)C#N. The number of aliphatic hydroxyl groups is 1. The van der Waals surface area contributed by atoms with Gasteiger partial charge in [-0.3, -0.25) is 0 Å². The van der Waals surface area contributed by atoms with E-state index in [1.165, 1.54) is 0 Å². The first-order valence-electron chi connectivity index (χ1n) is 8.07. The average Bonchev–Trinajstić information content (AvgIpc) is 2.61. The van der Waals surface area contributed by atoms with Gasteiger partial charge in [-0.15, -0.1) is 0 Å². The van der Waals surface area contributed by atoms with E-state index >= 15 is 0 Å². The van der Waals surface area contributed by atoms with Gasteiger partial charge < -0.3 is 10.4 Å². The van der Waals surface area contributed by atoms with Crippen molar-refractivity contribution >= 4 is 0 Å². The third-order valence-electron chi connectivity index (χ3n) is 5.24. The highest BCUT2D eigenvalue weighted by atomic mass is 16.3. The molecule has 5 atom stereocenters. The third kappa shape index (κ3) is 2.65. The van der Waals surface area contributed by atoms with E-state index in [-0.39, 0.29) is 23.9 Å². The van der Waals surface area contributed by atoms with Gasteiger partial charge in [-0.1, -0.05) is 74.5 Å². The van der Waals surface area contributed by atoms with Crippen LogP contribution in [0.15, 0.2) is 60.7 Å². The molecule has 0 spiro atoms. The number of hydrogen-bond acceptors (Lipinski definition) is 3. The summed E-state index contributed by atoms with van der Waals surface area (Å²) in [6.45, 7) is 3.90. The largest absolute Gasteiger partial charge is 0.375 e. The Balaban J connectivity index is 2.04. The minimum Gasteiger partial charge on any atom is -0.375 e. The standard InChI is InChI=1S/C20H22N2O/c1-14-18(16-9-5-3-6-10-16)22-19(15(2)20(14,23)13-21)17-11-7-4-8-12-17/h3-12,14-15,18-19,22-23H,1-2H3/t14-,15-,18-,19+,20?/m0/s1. The summed E-state index contributed by atoms with van der Waals surface area (Å²) in [5.41, 5.74) is 0.828. The molecule has 0 aromatic heterocycles. The number of hydrogen-bond donors (Lipinski definition) is 2. The first-order valence-corrected chi connectivity index (χ1v) is 8.07. The van der Waals surface area contributed by atoms with Gasteiger partial charge in [0.1, 0.15) is 0 Å². The Morgan fingerprint density at radius 2 is 1.26 bits per heavy atom. The van der Waals surface area contributed by atoms with E-state index in [1.807, 2.05) is 74.5 Å². The van der Waals surface area contributed by atoms with E-state index in [2.05, 4.69) is 11.4 Å². The van der Waals surface area contributed by atoms with Gasteiger partial charge >= 0.3 is 0 Å². The van der Waals surface area contributed by atoms with Crippen molar-refractivity contribution in [3.63, 3.8) is 0 Å². The molecular weight excluding hydrogens is 284 g/mol. The van der Waals surface area contributed by atoms with E-state index in [0.717, 1.165) is 11.1 Å². The van der Waals surface area contributed by atoms with Crippen molar-refractivity contribution in [2.24, 2.45) is 11.8 Å². The molecule has 2 aromatic rings. The molecule has 1 unspecified atom stereocenters. The first-order chi connectivity index (χ1) is 11.1. The summed E-state index contributed by atoms with van der Waals surface area (Å²) < 4.78 is 0. The Hall–Kier alpha value is -2.15. The van der Waals surface area contributed by atoms with Gasteiger partial charge in [0, 0.05) is 23.9 Å². The molecule has 0 aliphatic carbocycles. The van der Waals surface area contributed by atoms with Crippen LogP contribution in [0.5, 0.6) is 0 Å². The number of nitrogens with zero attached hydrogens (tertiary/aromatic N) is 1. The van der Waals surface area contributed by atoms with Crippen LogP contribution in [-0.2, 0) is 0 Å². The molecule has 1 heterocycles.